The maximum absolute atomic E-state index is 12.2. The van der Waals surface area contributed by atoms with E-state index in [1.165, 1.54) is 6.92 Å². The van der Waals surface area contributed by atoms with Crippen molar-refractivity contribution in [2.45, 2.75) is 13.0 Å². The third kappa shape index (κ3) is 4.58. The summed E-state index contributed by atoms with van der Waals surface area (Å²) in [5.41, 5.74) is 2.06. The van der Waals surface area contributed by atoms with Gasteiger partial charge in [0.2, 0.25) is 0 Å². The molecule has 0 aliphatic carbocycles. The molecule has 0 fully saturated rings. The Morgan fingerprint density at radius 3 is 2.29 bits per heavy atom. The molecule has 0 saturated heterocycles. The van der Waals surface area contributed by atoms with Gasteiger partial charge in [-0.1, -0.05) is 12.1 Å². The fraction of sp³-hybridized carbons (Fsp3) is 0.222. The van der Waals surface area contributed by atoms with E-state index in [1.807, 2.05) is 31.1 Å². The molecular formula is C18H19BrN2O3. The van der Waals surface area contributed by atoms with Crippen molar-refractivity contribution in [2.24, 2.45) is 0 Å². The maximum Gasteiger partial charge on any atom is 0.340 e. The van der Waals surface area contributed by atoms with Crippen LogP contribution in [0.5, 0.6) is 0 Å². The Hall–Kier alpha value is -2.34. The molecule has 0 radical (unpaired) electrons. The van der Waals surface area contributed by atoms with Gasteiger partial charge in [0.25, 0.3) is 5.91 Å². The van der Waals surface area contributed by atoms with E-state index in [2.05, 4.69) is 21.2 Å². The minimum atomic E-state index is -0.905. The molecule has 0 unspecified atom stereocenters. The van der Waals surface area contributed by atoms with E-state index < -0.39 is 12.1 Å². The predicted octanol–water partition coefficient (Wildman–Crippen LogP) is 3.70. The highest BCUT2D eigenvalue weighted by atomic mass is 79.9. The average molecular weight is 391 g/mol. The minimum absolute atomic E-state index is 0.381. The molecule has 0 bridgehead atoms. The molecular weight excluding hydrogens is 372 g/mol. The highest BCUT2D eigenvalue weighted by Crippen LogP contribution is 2.18. The second kappa shape index (κ2) is 7.97. The van der Waals surface area contributed by atoms with Gasteiger partial charge in [-0.15, -0.1) is 0 Å². The molecule has 0 aromatic heterocycles. The van der Waals surface area contributed by atoms with Crippen LogP contribution in [0.3, 0.4) is 0 Å². The van der Waals surface area contributed by atoms with Gasteiger partial charge in [-0.2, -0.15) is 0 Å². The average Bonchev–Trinajstić information content (AvgIpc) is 2.55. The summed E-state index contributed by atoms with van der Waals surface area (Å²) in [7, 11) is 3.88. The molecule has 0 spiro atoms. The lowest BCUT2D eigenvalue weighted by Gasteiger charge is -2.15. The summed E-state index contributed by atoms with van der Waals surface area (Å²) < 4.78 is 5.85. The number of ether oxygens (including phenoxy) is 1. The molecule has 1 amide bonds. The first kappa shape index (κ1) is 18.0. The lowest BCUT2D eigenvalue weighted by Crippen LogP contribution is -2.30. The third-order valence-corrected chi connectivity index (χ3v) is 4.09. The number of carbonyl (C=O) groups excluding carboxylic acids is 2. The molecule has 0 saturated carbocycles. The van der Waals surface area contributed by atoms with E-state index in [1.54, 1.807) is 36.4 Å². The van der Waals surface area contributed by atoms with E-state index >= 15 is 0 Å². The van der Waals surface area contributed by atoms with Crippen LogP contribution < -0.4 is 10.2 Å². The van der Waals surface area contributed by atoms with Crippen molar-refractivity contribution in [3.63, 3.8) is 0 Å². The topological polar surface area (TPSA) is 58.6 Å². The molecule has 0 heterocycles. The van der Waals surface area contributed by atoms with Gasteiger partial charge in [0, 0.05) is 29.9 Å². The van der Waals surface area contributed by atoms with Gasteiger partial charge in [-0.3, -0.25) is 4.79 Å². The first-order chi connectivity index (χ1) is 11.4. The van der Waals surface area contributed by atoms with Gasteiger partial charge in [0.1, 0.15) is 0 Å². The standard InChI is InChI=1S/C18H19BrN2O3/c1-12(24-18(23)15-6-4-5-7-16(15)19)17(22)20-13-8-10-14(11-9-13)21(2)3/h4-12H,1-3H3,(H,20,22)/t12-/m1/s1. The van der Waals surface area contributed by atoms with Crippen LogP contribution in [-0.2, 0) is 9.53 Å². The molecule has 1 atom stereocenters. The molecule has 24 heavy (non-hydrogen) atoms. The molecule has 6 heteroatoms. The SMILES string of the molecule is C[C@@H](OC(=O)c1ccccc1Br)C(=O)Nc1ccc(N(C)C)cc1. The Kier molecular flexibility index (Phi) is 5.98. The van der Waals surface area contributed by atoms with Crippen molar-refractivity contribution >= 4 is 39.2 Å². The zero-order valence-electron chi connectivity index (χ0n) is 13.7. The van der Waals surface area contributed by atoms with E-state index in [0.717, 1.165) is 5.69 Å². The van der Waals surface area contributed by atoms with Crippen molar-refractivity contribution in [2.75, 3.05) is 24.3 Å². The van der Waals surface area contributed by atoms with Crippen LogP contribution >= 0.6 is 15.9 Å². The summed E-state index contributed by atoms with van der Waals surface area (Å²) in [5.74, 6) is -0.930. The maximum atomic E-state index is 12.2. The molecule has 2 rings (SSSR count). The highest BCUT2D eigenvalue weighted by molar-refractivity contribution is 9.10. The molecule has 2 aromatic rings. The largest absolute Gasteiger partial charge is 0.449 e. The lowest BCUT2D eigenvalue weighted by atomic mass is 10.2. The zero-order chi connectivity index (χ0) is 17.7. The number of anilines is 2. The Bertz CT molecular complexity index is 729. The van der Waals surface area contributed by atoms with Crippen LogP contribution in [0.1, 0.15) is 17.3 Å². The monoisotopic (exact) mass is 390 g/mol. The Balaban J connectivity index is 1.97. The quantitative estimate of drug-likeness (QED) is 0.790. The van der Waals surface area contributed by atoms with Crippen LogP contribution in [0.15, 0.2) is 53.0 Å². The smallest absolute Gasteiger partial charge is 0.340 e. The number of hydrogen-bond donors (Lipinski definition) is 1. The summed E-state index contributed by atoms with van der Waals surface area (Å²) in [4.78, 5) is 26.3. The number of halogens is 1. The van der Waals surface area contributed by atoms with E-state index in [9.17, 15) is 9.59 Å². The summed E-state index contributed by atoms with van der Waals surface area (Å²) in [6, 6.07) is 14.3. The van der Waals surface area contributed by atoms with Crippen LogP contribution in [0, 0.1) is 0 Å². The zero-order valence-corrected chi connectivity index (χ0v) is 15.3. The number of amides is 1. The molecule has 0 aliphatic heterocycles. The third-order valence-electron chi connectivity index (χ3n) is 3.40. The highest BCUT2D eigenvalue weighted by Gasteiger charge is 2.20. The van der Waals surface area contributed by atoms with Gasteiger partial charge < -0.3 is 15.0 Å². The molecule has 0 aliphatic rings. The van der Waals surface area contributed by atoms with Crippen LogP contribution in [0.4, 0.5) is 11.4 Å². The molecule has 126 valence electrons. The van der Waals surface area contributed by atoms with E-state index in [-0.39, 0.29) is 5.91 Å². The fourth-order valence-corrected chi connectivity index (χ4v) is 2.44. The van der Waals surface area contributed by atoms with Gasteiger partial charge in [0.15, 0.2) is 6.10 Å². The second-order valence-electron chi connectivity index (χ2n) is 5.46. The summed E-state index contributed by atoms with van der Waals surface area (Å²) in [6.07, 6.45) is -0.905. The molecule has 1 N–H and O–H groups in total. The fourth-order valence-electron chi connectivity index (χ4n) is 1.99. The van der Waals surface area contributed by atoms with Crippen molar-refractivity contribution in [1.82, 2.24) is 0 Å². The van der Waals surface area contributed by atoms with Crippen molar-refractivity contribution in [3.05, 3.63) is 58.6 Å². The number of carbonyl (C=O) groups is 2. The van der Waals surface area contributed by atoms with Crippen LogP contribution in [-0.4, -0.2) is 32.1 Å². The number of nitrogens with one attached hydrogen (secondary N) is 1. The predicted molar refractivity (Wildman–Crippen MR) is 98.4 cm³/mol. The number of rotatable bonds is 5. The number of nitrogens with zero attached hydrogens (tertiary/aromatic N) is 1. The minimum Gasteiger partial charge on any atom is -0.449 e. The van der Waals surface area contributed by atoms with Crippen molar-refractivity contribution in [3.8, 4) is 0 Å². The molecule has 5 nitrogen and oxygen atoms in total. The lowest BCUT2D eigenvalue weighted by molar-refractivity contribution is -0.123. The van der Waals surface area contributed by atoms with Gasteiger partial charge in [-0.25, -0.2) is 4.79 Å². The Morgan fingerprint density at radius 1 is 1.08 bits per heavy atom. The van der Waals surface area contributed by atoms with Gasteiger partial charge in [-0.05, 0) is 59.3 Å². The number of hydrogen-bond acceptors (Lipinski definition) is 4. The van der Waals surface area contributed by atoms with E-state index in [4.69, 9.17) is 4.74 Å². The van der Waals surface area contributed by atoms with Gasteiger partial charge >= 0.3 is 5.97 Å². The van der Waals surface area contributed by atoms with E-state index in [0.29, 0.717) is 15.7 Å². The van der Waals surface area contributed by atoms with Gasteiger partial charge in [0.05, 0.1) is 5.56 Å². The Morgan fingerprint density at radius 2 is 1.71 bits per heavy atom. The normalized spacial score (nSPS) is 11.5. The number of esters is 1. The first-order valence-electron chi connectivity index (χ1n) is 7.42. The summed E-state index contributed by atoms with van der Waals surface area (Å²) in [5, 5.41) is 2.73. The summed E-state index contributed by atoms with van der Waals surface area (Å²) >= 11 is 3.29. The number of benzene rings is 2. The molecule has 2 aromatic carbocycles. The van der Waals surface area contributed by atoms with Crippen LogP contribution in [0.2, 0.25) is 0 Å². The van der Waals surface area contributed by atoms with Crippen molar-refractivity contribution < 1.29 is 14.3 Å². The second-order valence-corrected chi connectivity index (χ2v) is 6.31. The van der Waals surface area contributed by atoms with Crippen LogP contribution in [0.25, 0.3) is 0 Å². The first-order valence-corrected chi connectivity index (χ1v) is 8.21. The Labute approximate surface area is 149 Å². The van der Waals surface area contributed by atoms with Crippen molar-refractivity contribution in [1.29, 1.82) is 0 Å². The summed E-state index contributed by atoms with van der Waals surface area (Å²) in [6.45, 7) is 1.54.